The van der Waals surface area contributed by atoms with Gasteiger partial charge in [-0.15, -0.1) is 12.4 Å². The number of hydrogen-bond donors (Lipinski definition) is 0. The smallest absolute Gasteiger partial charge is 0.0642 e. The number of halogens is 1. The van der Waals surface area contributed by atoms with E-state index in [-0.39, 0.29) is 12.4 Å². The summed E-state index contributed by atoms with van der Waals surface area (Å²) < 4.78 is 11.2. The highest BCUT2D eigenvalue weighted by Gasteiger charge is 2.45. The molecule has 3 aliphatic heterocycles. The van der Waals surface area contributed by atoms with Gasteiger partial charge in [0.2, 0.25) is 0 Å². The average molecular weight is 490 g/mol. The Morgan fingerprint density at radius 3 is 2.09 bits per heavy atom. The molecule has 1 aromatic carbocycles. The summed E-state index contributed by atoms with van der Waals surface area (Å²) in [6.07, 6.45) is 11.2. The van der Waals surface area contributed by atoms with Crippen LogP contribution in [0.25, 0.3) is 0 Å². The molecule has 0 unspecified atom stereocenters. The molecule has 1 aromatic rings. The van der Waals surface area contributed by atoms with Gasteiger partial charge in [0.1, 0.15) is 0 Å². The zero-order valence-corrected chi connectivity index (χ0v) is 21.7. The van der Waals surface area contributed by atoms with Gasteiger partial charge in [0.25, 0.3) is 0 Å². The van der Waals surface area contributed by atoms with Crippen molar-refractivity contribution in [1.29, 1.82) is 0 Å². The number of morpholine rings is 1. The summed E-state index contributed by atoms with van der Waals surface area (Å²) in [5, 5.41) is 0. The molecule has 0 aromatic heterocycles. The van der Waals surface area contributed by atoms with Crippen molar-refractivity contribution in [2.45, 2.75) is 57.3 Å². The highest BCUT2D eigenvalue weighted by Crippen LogP contribution is 2.59. The van der Waals surface area contributed by atoms with Gasteiger partial charge in [0.05, 0.1) is 13.2 Å². The molecule has 190 valence electrons. The Balaban J connectivity index is 0.00000241. The van der Waals surface area contributed by atoms with E-state index in [1.54, 1.807) is 5.56 Å². The maximum Gasteiger partial charge on any atom is 0.0642 e. The molecule has 2 aliphatic carbocycles. The molecular weight excluding hydrogens is 446 g/mol. The van der Waals surface area contributed by atoms with Gasteiger partial charge < -0.3 is 19.3 Å². The monoisotopic (exact) mass is 489 g/mol. The molecule has 0 bridgehead atoms. The van der Waals surface area contributed by atoms with Crippen LogP contribution < -0.4 is 9.80 Å². The number of nitrogens with zero attached hydrogens (tertiary/aromatic N) is 3. The Labute approximate surface area is 212 Å². The van der Waals surface area contributed by atoms with Crippen molar-refractivity contribution >= 4 is 23.8 Å². The van der Waals surface area contributed by atoms with E-state index in [2.05, 4.69) is 32.9 Å². The summed E-state index contributed by atoms with van der Waals surface area (Å²) >= 11 is 0. The van der Waals surface area contributed by atoms with Crippen LogP contribution in [0.15, 0.2) is 18.2 Å². The lowest BCUT2D eigenvalue weighted by atomic mass is 9.76. The van der Waals surface area contributed by atoms with E-state index in [1.165, 1.54) is 95.5 Å². The van der Waals surface area contributed by atoms with Crippen LogP contribution in [0.2, 0.25) is 0 Å². The lowest BCUT2D eigenvalue weighted by Gasteiger charge is -2.40. The van der Waals surface area contributed by atoms with Crippen molar-refractivity contribution in [3.05, 3.63) is 23.8 Å². The Morgan fingerprint density at radius 1 is 0.735 bits per heavy atom. The number of rotatable bonds is 5. The second kappa shape index (κ2) is 10.9. The van der Waals surface area contributed by atoms with Gasteiger partial charge in [-0.2, -0.15) is 0 Å². The fourth-order valence-corrected chi connectivity index (χ4v) is 6.86. The van der Waals surface area contributed by atoms with Gasteiger partial charge >= 0.3 is 0 Å². The Hall–Kier alpha value is -1.01. The minimum Gasteiger partial charge on any atom is -0.381 e. The Kier molecular flexibility index (Phi) is 7.94. The Bertz CT molecular complexity index is 787. The van der Waals surface area contributed by atoms with Crippen molar-refractivity contribution < 1.29 is 9.47 Å². The molecular formula is C28H44ClN3O2. The van der Waals surface area contributed by atoms with E-state index >= 15 is 0 Å². The quantitative estimate of drug-likeness (QED) is 0.584. The second-order valence-electron chi connectivity index (χ2n) is 11.5. The standard InChI is InChI=1S/C28H43N3O2.ClH/c1-2-27(31-13-11-29(12-14-31)22-23-5-17-32-18-6-23)26(21-25(1)30-15-19-33-20-16-30)24-3-7-28(8-4-24)9-10-28;/h1-2,21,23-24H,3-20,22H2;1H. The normalized spacial score (nSPS) is 26.5. The van der Waals surface area contributed by atoms with Crippen molar-refractivity contribution in [3.8, 4) is 0 Å². The minimum absolute atomic E-state index is 0. The summed E-state index contributed by atoms with van der Waals surface area (Å²) in [5.41, 5.74) is 5.36. The minimum atomic E-state index is 0. The number of piperazine rings is 1. The van der Waals surface area contributed by atoms with E-state index in [0.717, 1.165) is 56.8 Å². The molecule has 6 rings (SSSR count). The topological polar surface area (TPSA) is 28.2 Å². The van der Waals surface area contributed by atoms with Gasteiger partial charge in [0.15, 0.2) is 0 Å². The third-order valence-corrected chi connectivity index (χ3v) is 9.40. The molecule has 0 amide bonds. The van der Waals surface area contributed by atoms with E-state index in [1.807, 2.05) is 0 Å². The number of hydrogen-bond acceptors (Lipinski definition) is 5. The highest BCUT2D eigenvalue weighted by atomic mass is 35.5. The van der Waals surface area contributed by atoms with Crippen LogP contribution >= 0.6 is 12.4 Å². The van der Waals surface area contributed by atoms with Crippen molar-refractivity contribution in [2.75, 3.05) is 82.0 Å². The predicted octanol–water partition coefficient (Wildman–Crippen LogP) is 4.93. The van der Waals surface area contributed by atoms with E-state index in [4.69, 9.17) is 9.47 Å². The first kappa shape index (κ1) is 24.7. The summed E-state index contributed by atoms with van der Waals surface area (Å²) in [6, 6.07) is 7.43. The fourth-order valence-electron chi connectivity index (χ4n) is 6.86. The first-order valence-corrected chi connectivity index (χ1v) is 13.8. The molecule has 5 nitrogen and oxygen atoms in total. The lowest BCUT2D eigenvalue weighted by Crippen LogP contribution is -2.48. The predicted molar refractivity (Wildman–Crippen MR) is 142 cm³/mol. The van der Waals surface area contributed by atoms with E-state index < -0.39 is 0 Å². The maximum atomic E-state index is 5.62. The number of anilines is 2. The zero-order valence-electron chi connectivity index (χ0n) is 20.9. The van der Waals surface area contributed by atoms with Crippen LogP contribution in [0.4, 0.5) is 11.4 Å². The van der Waals surface area contributed by atoms with E-state index in [9.17, 15) is 0 Å². The van der Waals surface area contributed by atoms with Crippen molar-refractivity contribution in [1.82, 2.24) is 4.90 Å². The van der Waals surface area contributed by atoms with Gasteiger partial charge in [0, 0.05) is 70.4 Å². The average Bonchev–Trinajstić information content (AvgIpc) is 3.64. The molecule has 5 fully saturated rings. The van der Waals surface area contributed by atoms with Crippen LogP contribution in [0, 0.1) is 11.3 Å². The number of benzene rings is 1. The third kappa shape index (κ3) is 5.53. The molecule has 0 N–H and O–H groups in total. The molecule has 6 heteroatoms. The van der Waals surface area contributed by atoms with Crippen LogP contribution in [-0.2, 0) is 9.47 Å². The summed E-state index contributed by atoms with van der Waals surface area (Å²) in [6.45, 7) is 11.7. The molecule has 0 radical (unpaired) electrons. The van der Waals surface area contributed by atoms with Gasteiger partial charge in [-0.1, -0.05) is 0 Å². The Morgan fingerprint density at radius 2 is 1.41 bits per heavy atom. The van der Waals surface area contributed by atoms with Crippen LogP contribution in [0.3, 0.4) is 0 Å². The van der Waals surface area contributed by atoms with Crippen LogP contribution in [-0.4, -0.2) is 77.1 Å². The van der Waals surface area contributed by atoms with Crippen molar-refractivity contribution in [2.24, 2.45) is 11.3 Å². The summed E-state index contributed by atoms with van der Waals surface area (Å²) in [5.74, 6) is 1.58. The molecule has 0 atom stereocenters. The van der Waals surface area contributed by atoms with Gasteiger partial charge in [-0.05, 0) is 92.4 Å². The van der Waals surface area contributed by atoms with Crippen LogP contribution in [0.5, 0.6) is 0 Å². The summed E-state index contributed by atoms with van der Waals surface area (Å²) in [4.78, 5) is 7.96. The second-order valence-corrected chi connectivity index (χ2v) is 11.5. The molecule has 3 heterocycles. The molecule has 1 spiro atoms. The number of ether oxygens (including phenoxy) is 2. The largest absolute Gasteiger partial charge is 0.381 e. The molecule has 34 heavy (non-hydrogen) atoms. The first-order chi connectivity index (χ1) is 16.3. The summed E-state index contributed by atoms with van der Waals surface area (Å²) in [7, 11) is 0. The molecule has 2 saturated carbocycles. The SMILES string of the molecule is Cl.c1cc(N2CCN(CC3CCOCC3)CC2)c(C2CCC3(CC2)CC3)cc1N1CCOCC1. The first-order valence-electron chi connectivity index (χ1n) is 13.8. The highest BCUT2D eigenvalue weighted by molar-refractivity contribution is 5.85. The van der Waals surface area contributed by atoms with Gasteiger partial charge in [-0.3, -0.25) is 4.90 Å². The van der Waals surface area contributed by atoms with Crippen LogP contribution in [0.1, 0.15) is 62.8 Å². The fraction of sp³-hybridized carbons (Fsp3) is 0.786. The maximum absolute atomic E-state index is 5.62. The molecule has 3 saturated heterocycles. The lowest BCUT2D eigenvalue weighted by molar-refractivity contribution is 0.0517. The van der Waals surface area contributed by atoms with Gasteiger partial charge in [-0.25, -0.2) is 0 Å². The third-order valence-electron chi connectivity index (χ3n) is 9.40. The zero-order chi connectivity index (χ0) is 22.1. The molecule has 5 aliphatic rings. The van der Waals surface area contributed by atoms with Crippen molar-refractivity contribution in [3.63, 3.8) is 0 Å². The van der Waals surface area contributed by atoms with E-state index in [0.29, 0.717) is 0 Å².